The number of hydrogen-bond acceptors (Lipinski definition) is 5. The normalized spacial score (nSPS) is 17.3. The molecule has 2 saturated carbocycles. The fraction of sp³-hybridized carbons (Fsp3) is 0.464. The van der Waals surface area contributed by atoms with E-state index < -0.39 is 0 Å². The van der Waals surface area contributed by atoms with Crippen LogP contribution >= 0.6 is 0 Å². The molecule has 2 heterocycles. The van der Waals surface area contributed by atoms with Crippen LogP contribution < -0.4 is 5.32 Å². The Balaban J connectivity index is 1.29. The first-order chi connectivity index (χ1) is 18.1. The van der Waals surface area contributed by atoms with Gasteiger partial charge in [-0.2, -0.15) is 5.10 Å². The minimum Gasteiger partial charge on any atom is -0.347 e. The van der Waals surface area contributed by atoms with Crippen LogP contribution in [0.2, 0.25) is 0 Å². The van der Waals surface area contributed by atoms with E-state index in [2.05, 4.69) is 37.1 Å². The van der Waals surface area contributed by atoms with E-state index in [-0.39, 0.29) is 24.0 Å². The fourth-order valence-corrected chi connectivity index (χ4v) is 5.60. The summed E-state index contributed by atoms with van der Waals surface area (Å²) in [5.41, 5.74) is 2.93. The molecule has 8 nitrogen and oxygen atoms in total. The van der Waals surface area contributed by atoms with E-state index in [4.69, 9.17) is 0 Å². The van der Waals surface area contributed by atoms with Crippen LogP contribution in [0.4, 0.5) is 10.2 Å². The second-order valence-corrected chi connectivity index (χ2v) is 10.1. The van der Waals surface area contributed by atoms with Crippen molar-refractivity contribution >= 4 is 24.2 Å². The van der Waals surface area contributed by atoms with Gasteiger partial charge in [-0.3, -0.25) is 14.5 Å². The van der Waals surface area contributed by atoms with Gasteiger partial charge in [0.25, 0.3) is 5.91 Å². The summed E-state index contributed by atoms with van der Waals surface area (Å²) in [7, 11) is 1.56. The molecule has 0 unspecified atom stereocenters. The van der Waals surface area contributed by atoms with Gasteiger partial charge in [-0.15, -0.1) is 0 Å². The van der Waals surface area contributed by atoms with Gasteiger partial charge in [0.1, 0.15) is 23.0 Å². The lowest BCUT2D eigenvalue weighted by molar-refractivity contribution is -0.114. The summed E-state index contributed by atoms with van der Waals surface area (Å²) >= 11 is 0. The van der Waals surface area contributed by atoms with E-state index in [1.165, 1.54) is 44.2 Å². The molecule has 9 heteroatoms. The van der Waals surface area contributed by atoms with Crippen LogP contribution in [-0.2, 0) is 11.3 Å². The van der Waals surface area contributed by atoms with Gasteiger partial charge in [-0.25, -0.2) is 14.4 Å². The van der Waals surface area contributed by atoms with Crippen LogP contribution in [0.5, 0.6) is 0 Å². The number of aromatic nitrogens is 4. The van der Waals surface area contributed by atoms with Crippen molar-refractivity contribution in [1.82, 2.24) is 25.1 Å². The average Bonchev–Trinajstić information content (AvgIpc) is 3.69. The zero-order valence-corrected chi connectivity index (χ0v) is 21.3. The van der Waals surface area contributed by atoms with Crippen LogP contribution in [-0.4, -0.2) is 45.1 Å². The Bertz CT molecular complexity index is 1300. The Morgan fingerprint density at radius 1 is 1.14 bits per heavy atom. The number of benzene rings is 1. The Kier molecular flexibility index (Phi) is 7.58. The quantitative estimate of drug-likeness (QED) is 0.389. The Hall–Kier alpha value is -3.62. The van der Waals surface area contributed by atoms with Crippen molar-refractivity contribution in [3.8, 4) is 11.1 Å². The smallest absolute Gasteiger partial charge is 0.272 e. The number of rotatable bonds is 8. The zero-order chi connectivity index (χ0) is 25.8. The number of nitrogens with zero attached hydrogens (tertiary/aromatic N) is 5. The number of imidazole rings is 1. The Morgan fingerprint density at radius 2 is 1.89 bits per heavy atom. The van der Waals surface area contributed by atoms with Crippen molar-refractivity contribution in [1.29, 1.82) is 0 Å². The van der Waals surface area contributed by atoms with Gasteiger partial charge in [0, 0.05) is 31.3 Å². The molecule has 0 atom stereocenters. The van der Waals surface area contributed by atoms with Gasteiger partial charge in [0.2, 0.25) is 0 Å². The number of hydrogen-bond donors (Lipinski definition) is 2. The highest BCUT2D eigenvalue weighted by atomic mass is 19.1. The molecular formula is C28H34FN7O. The molecule has 2 N–H and O–H groups in total. The number of nitrogens with one attached hydrogen (secondary N) is 2. The molecule has 1 amide bonds. The fourth-order valence-electron chi connectivity index (χ4n) is 5.60. The maximum Gasteiger partial charge on any atom is 0.272 e. The third-order valence-electron chi connectivity index (χ3n) is 7.56. The molecule has 0 bridgehead atoms. The van der Waals surface area contributed by atoms with Crippen LogP contribution in [0.25, 0.3) is 11.1 Å². The van der Waals surface area contributed by atoms with Gasteiger partial charge in [0.05, 0.1) is 12.2 Å². The second-order valence-electron chi connectivity index (χ2n) is 10.1. The highest BCUT2D eigenvalue weighted by molar-refractivity contribution is 6.45. The largest absolute Gasteiger partial charge is 0.347 e. The molecule has 2 aliphatic rings. The van der Waals surface area contributed by atoms with E-state index in [0.717, 1.165) is 42.6 Å². The highest BCUT2D eigenvalue weighted by Crippen LogP contribution is 2.34. The topological polar surface area (TPSA) is 100 Å². The van der Waals surface area contributed by atoms with Gasteiger partial charge in [-0.1, -0.05) is 32.1 Å². The van der Waals surface area contributed by atoms with Crippen molar-refractivity contribution in [3.05, 3.63) is 53.5 Å². The van der Waals surface area contributed by atoms with Crippen molar-refractivity contribution in [2.45, 2.75) is 76.3 Å². The highest BCUT2D eigenvalue weighted by Gasteiger charge is 2.26. The Morgan fingerprint density at radius 3 is 2.62 bits per heavy atom. The molecule has 2 aliphatic carbocycles. The molecule has 0 radical (unpaired) electrons. The number of halogens is 1. The van der Waals surface area contributed by atoms with Crippen LogP contribution in [0.1, 0.15) is 86.8 Å². The summed E-state index contributed by atoms with van der Waals surface area (Å²) in [6, 6.07) is 5.24. The average molecular weight is 504 g/mol. The number of amides is 1. The third-order valence-corrected chi connectivity index (χ3v) is 7.56. The standard InChI is InChI=1S/C28H34FN7O/c1-30-25(24-27(31-2)35-26(34-24)19-8-6-7-9-19)28(37)32-15-18-12-20(14-22(29)13-18)21-16-33-36(17-21)23-10-4-3-5-11-23/h12-14,16-17,19,23H,2-11,15H2,1H3,(H,32,37)(H,34,35)/b30-25+. The van der Waals surface area contributed by atoms with Crippen molar-refractivity contribution < 1.29 is 9.18 Å². The molecule has 194 valence electrons. The number of carbonyl (C=O) groups excluding carboxylic acids is 1. The van der Waals surface area contributed by atoms with Crippen LogP contribution in [0.15, 0.2) is 40.6 Å². The Labute approximate surface area is 216 Å². The second kappa shape index (κ2) is 11.2. The zero-order valence-electron chi connectivity index (χ0n) is 21.3. The molecule has 2 fully saturated rings. The number of aromatic amines is 1. The minimum atomic E-state index is -0.384. The van der Waals surface area contributed by atoms with E-state index in [1.807, 2.05) is 16.9 Å². The van der Waals surface area contributed by atoms with Gasteiger partial charge < -0.3 is 10.3 Å². The summed E-state index contributed by atoms with van der Waals surface area (Å²) in [6.45, 7) is 3.77. The predicted molar refractivity (Wildman–Crippen MR) is 143 cm³/mol. The van der Waals surface area contributed by atoms with E-state index in [1.54, 1.807) is 13.2 Å². The summed E-state index contributed by atoms with van der Waals surface area (Å²) in [4.78, 5) is 29.2. The number of carbonyl (C=O) groups is 1. The molecule has 5 rings (SSSR count). The molecule has 0 spiro atoms. The number of H-pyrrole nitrogens is 1. The van der Waals surface area contributed by atoms with Crippen LogP contribution in [0.3, 0.4) is 0 Å². The summed E-state index contributed by atoms with van der Waals surface area (Å²) in [5, 5.41) is 7.42. The maximum absolute atomic E-state index is 14.5. The summed E-state index contributed by atoms with van der Waals surface area (Å²) in [6.07, 6.45) is 14.2. The van der Waals surface area contributed by atoms with Crippen molar-refractivity contribution in [3.63, 3.8) is 0 Å². The lowest BCUT2D eigenvalue weighted by Crippen LogP contribution is -2.31. The SMILES string of the molecule is C=Nc1nc(C2CCCC2)[nH]c1/C(=N\C)C(=O)NCc1cc(F)cc(-c2cnn(C3CCCCC3)c2)c1. The first kappa shape index (κ1) is 25.0. The first-order valence-corrected chi connectivity index (χ1v) is 13.2. The first-order valence-electron chi connectivity index (χ1n) is 13.2. The maximum atomic E-state index is 14.5. The molecule has 0 aliphatic heterocycles. The molecule has 1 aromatic carbocycles. The van der Waals surface area contributed by atoms with Gasteiger partial charge in [-0.05, 0) is 61.7 Å². The van der Waals surface area contributed by atoms with E-state index in [9.17, 15) is 9.18 Å². The predicted octanol–water partition coefficient (Wildman–Crippen LogP) is 5.64. The number of aliphatic imine (C=N–C) groups is 2. The lowest BCUT2D eigenvalue weighted by atomic mass is 9.96. The van der Waals surface area contributed by atoms with E-state index >= 15 is 0 Å². The van der Waals surface area contributed by atoms with Gasteiger partial charge >= 0.3 is 0 Å². The van der Waals surface area contributed by atoms with Gasteiger partial charge in [0.15, 0.2) is 5.82 Å². The third kappa shape index (κ3) is 5.55. The minimum absolute atomic E-state index is 0.153. The van der Waals surface area contributed by atoms with Crippen LogP contribution in [0, 0.1) is 5.82 Å². The molecule has 0 saturated heterocycles. The molecule has 3 aromatic rings. The monoisotopic (exact) mass is 503 g/mol. The summed E-state index contributed by atoms with van der Waals surface area (Å²) in [5.74, 6) is 0.797. The molecule has 2 aromatic heterocycles. The van der Waals surface area contributed by atoms with E-state index in [0.29, 0.717) is 29.0 Å². The molecular weight excluding hydrogens is 469 g/mol. The van der Waals surface area contributed by atoms with Crippen molar-refractivity contribution in [2.75, 3.05) is 7.05 Å². The molecule has 37 heavy (non-hydrogen) atoms. The summed E-state index contributed by atoms with van der Waals surface area (Å²) < 4.78 is 16.6. The van der Waals surface area contributed by atoms with Crippen molar-refractivity contribution in [2.24, 2.45) is 9.98 Å². The lowest BCUT2D eigenvalue weighted by Gasteiger charge is -2.21.